The Morgan fingerprint density at radius 1 is 0.317 bits per heavy atom. The minimum absolute atomic E-state index is 0.0155. The van der Waals surface area contributed by atoms with E-state index >= 15 is 19.2 Å². The second-order valence-electron chi connectivity index (χ2n) is 32.9. The molecule has 126 heavy (non-hydrogen) atoms. The summed E-state index contributed by atoms with van der Waals surface area (Å²) in [5, 5.41) is 75.9. The van der Waals surface area contributed by atoms with Gasteiger partial charge in [0.05, 0.1) is 39.5 Å². The highest BCUT2D eigenvalue weighted by atomic mass is 32.1. The predicted molar refractivity (Wildman–Crippen MR) is 479 cm³/mol. The molecule has 0 spiro atoms. The van der Waals surface area contributed by atoms with Gasteiger partial charge in [-0.15, -0.1) is 0 Å². The van der Waals surface area contributed by atoms with E-state index in [0.29, 0.717) is 38.5 Å². The third-order valence-electron chi connectivity index (χ3n) is 22.4. The average molecular weight is 1830 g/mol. The molecule has 12 atom stereocenters. The summed E-state index contributed by atoms with van der Waals surface area (Å²) >= 11 is 8.56. The van der Waals surface area contributed by atoms with Crippen LogP contribution in [0.5, 0.6) is 0 Å². The van der Waals surface area contributed by atoms with Gasteiger partial charge in [0.2, 0.25) is 94.5 Å². The van der Waals surface area contributed by atoms with Crippen LogP contribution in [-0.2, 0) is 76.7 Å². The highest BCUT2D eigenvalue weighted by molar-refractivity contribution is 7.80. The summed E-state index contributed by atoms with van der Waals surface area (Å²) in [7, 11) is 0. The zero-order chi connectivity index (χ0) is 92.8. The van der Waals surface area contributed by atoms with Crippen molar-refractivity contribution in [3.63, 3.8) is 0 Å². The van der Waals surface area contributed by atoms with Gasteiger partial charge < -0.3 is 128 Å². The number of aliphatic hydroxyl groups excluding tert-OH is 4. The van der Waals surface area contributed by atoms with Gasteiger partial charge in [0.1, 0.15) is 72.5 Å². The van der Waals surface area contributed by atoms with Crippen molar-refractivity contribution >= 4 is 120 Å². The Kier molecular flexibility index (Phi) is 60.5. The number of thiol groups is 2. The molecule has 40 nitrogen and oxygen atoms in total. The lowest BCUT2D eigenvalue weighted by Crippen LogP contribution is -2.59. The quantitative estimate of drug-likeness (QED) is 0.0213. The Labute approximate surface area is 753 Å². The fraction of sp³-hybridized carbons (Fsp3) is 0.810. The topological polar surface area (TPSA) is 633 Å². The number of nitrogens with zero attached hydrogens (tertiary/aromatic N) is 2. The first-order valence-corrected chi connectivity index (χ1v) is 47.2. The van der Waals surface area contributed by atoms with Crippen molar-refractivity contribution in [2.24, 2.45) is 22.9 Å². The van der Waals surface area contributed by atoms with Gasteiger partial charge >= 0.3 is 0 Å². The maximum Gasteiger partial charge on any atom is 0.245 e. The average Bonchev–Trinajstić information content (AvgIpc) is 1.30. The number of rotatable bonds is 58. The lowest BCUT2D eigenvalue weighted by atomic mass is 10.0. The number of carbonyl (C=O) groups is 16. The van der Waals surface area contributed by atoms with E-state index in [4.69, 9.17) is 22.9 Å². The van der Waals surface area contributed by atoms with Crippen molar-refractivity contribution in [3.05, 3.63) is 0 Å². The Balaban J connectivity index is 2.21. The fourth-order valence-corrected chi connectivity index (χ4v) is 15.3. The monoisotopic (exact) mass is 1830 g/mol. The molecule has 3 saturated heterocycles. The van der Waals surface area contributed by atoms with Gasteiger partial charge in [-0.1, -0.05) is 77.0 Å². The van der Waals surface area contributed by atoms with Crippen LogP contribution < -0.4 is 97.4 Å². The summed E-state index contributed by atoms with van der Waals surface area (Å²) < 4.78 is 0. The molecule has 26 N–H and O–H groups in total. The number of unbranched alkanes of at least 4 members (excludes halogenated alkanes) is 20. The zero-order valence-corrected chi connectivity index (χ0v) is 75.7. The maximum absolute atomic E-state index is 15.2. The van der Waals surface area contributed by atoms with Crippen LogP contribution in [0.4, 0.5) is 0 Å². The number of aliphatic hydroxyl groups is 4. The van der Waals surface area contributed by atoms with Crippen LogP contribution in [-0.4, -0.2) is 301 Å². The van der Waals surface area contributed by atoms with Crippen molar-refractivity contribution in [1.82, 2.24) is 84.2 Å². The molecule has 0 unspecified atom stereocenters. The van der Waals surface area contributed by atoms with E-state index in [9.17, 15) is 78.0 Å². The Bertz CT molecular complexity index is 3100. The largest absolute Gasteiger partial charge is 0.394 e. The van der Waals surface area contributed by atoms with Gasteiger partial charge in [0, 0.05) is 65.2 Å². The summed E-state index contributed by atoms with van der Waals surface area (Å²) in [6.07, 6.45) is 19.0. The van der Waals surface area contributed by atoms with Gasteiger partial charge in [-0.2, -0.15) is 25.3 Å². The van der Waals surface area contributed by atoms with Gasteiger partial charge in [-0.3, -0.25) is 76.7 Å². The number of fused-ring (bicyclic) bond motifs is 2. The number of nitrogens with one attached hydrogen (secondary N) is 14. The second-order valence-corrected chi connectivity index (χ2v) is 33.8. The van der Waals surface area contributed by atoms with Crippen molar-refractivity contribution in [1.29, 1.82) is 0 Å². The van der Waals surface area contributed by atoms with E-state index in [1.165, 1.54) is 9.80 Å². The van der Waals surface area contributed by atoms with Crippen LogP contribution in [0, 0.1) is 0 Å². The second kappa shape index (κ2) is 68.1. The molecule has 3 fully saturated rings. The number of carbonyl (C=O) groups excluding carboxylic acids is 16. The van der Waals surface area contributed by atoms with Crippen LogP contribution >= 0.6 is 25.3 Å². The number of nitrogens with two attached hydrogens (primary N) is 4. The van der Waals surface area contributed by atoms with E-state index < -0.39 is 195 Å². The summed E-state index contributed by atoms with van der Waals surface area (Å²) in [6, 6.07) is -16.1. The Morgan fingerprint density at radius 2 is 0.556 bits per heavy atom. The third-order valence-corrected chi connectivity index (χ3v) is 23.1. The Morgan fingerprint density at radius 3 is 0.825 bits per heavy atom. The van der Waals surface area contributed by atoms with E-state index in [1.807, 2.05) is 0 Å². The van der Waals surface area contributed by atoms with Gasteiger partial charge in [-0.25, -0.2) is 0 Å². The minimum Gasteiger partial charge on any atom is -0.394 e. The molecule has 3 aliphatic rings. The van der Waals surface area contributed by atoms with Crippen molar-refractivity contribution in [3.8, 4) is 0 Å². The van der Waals surface area contributed by atoms with E-state index in [-0.39, 0.29) is 193 Å². The van der Waals surface area contributed by atoms with Gasteiger partial charge in [0.25, 0.3) is 0 Å². The molecular weight excluding hydrogens is 1670 g/mol. The Hall–Kier alpha value is -8.10. The van der Waals surface area contributed by atoms with Gasteiger partial charge in [-0.05, 0) is 178 Å². The number of hydrogen-bond acceptors (Lipinski definition) is 26. The minimum atomic E-state index is -1.47. The summed E-state index contributed by atoms with van der Waals surface area (Å²) in [4.78, 5) is 227. The van der Waals surface area contributed by atoms with E-state index in [0.717, 1.165) is 101 Å². The van der Waals surface area contributed by atoms with Crippen LogP contribution in [0.15, 0.2) is 0 Å². The van der Waals surface area contributed by atoms with Crippen molar-refractivity contribution < 1.29 is 97.1 Å². The molecule has 0 aromatic rings. The standard InChI is InChI=1S/C84H152N20O20S2/c85-57(53-105)73(113)91-43-23-17-31-61-77(117)99-63(33-15-21-41-89-69(109)39-13-9-5-1-3-7-11-27-49-125)79(119)101-65(35-19-25-45-93-75(115)59(87)55-107)83(123)103-47-29-37-67(103)81(121)96-52-72(112)98-62(32-18-24-44-92-74(114)58(86)54-106)78(118)100-64(34-16-22-42-90-70(110)40-14-10-6-2-4-8-12-28-50-126)80(120)102-66(36-20-26-46-94-76(116)60(88)56-108)84(124)104-48-30-38-68(104)82(122)95-51-71(111)97-61/h57-68,105-108,125-126H,1-56,85-88H2,(H,89,109)(H,90,110)(H,91,113)(H,92,114)(H,93,115)(H,94,116)(H,95,122)(H,96,121)(H,97,111)(H,98,112)(H,99,117)(H,100,118)(H,101,119)(H,102,120)/t57-,58-,59-,60-,61-,62-,63-,64-,65-,66-,67-,68-/m0/s1. The molecule has 0 radical (unpaired) electrons. The van der Waals surface area contributed by atoms with Crippen LogP contribution in [0.2, 0.25) is 0 Å². The first kappa shape index (κ1) is 112. The first-order chi connectivity index (χ1) is 60.6. The van der Waals surface area contributed by atoms with Crippen molar-refractivity contribution in [2.75, 3.05) is 103 Å². The lowest BCUT2D eigenvalue weighted by Gasteiger charge is -2.31. The number of hydrogen-bond donors (Lipinski definition) is 24. The molecule has 0 saturated carbocycles. The zero-order valence-electron chi connectivity index (χ0n) is 73.9. The van der Waals surface area contributed by atoms with Crippen LogP contribution in [0.25, 0.3) is 0 Å². The summed E-state index contributed by atoms with van der Waals surface area (Å²) in [6.45, 7) is -3.66. The highest BCUT2D eigenvalue weighted by Gasteiger charge is 2.42. The predicted octanol–water partition coefficient (Wildman–Crippen LogP) is -3.00. The molecule has 16 amide bonds. The molecule has 720 valence electrons. The van der Waals surface area contributed by atoms with Crippen LogP contribution in [0.3, 0.4) is 0 Å². The molecule has 3 heterocycles. The fourth-order valence-electron chi connectivity index (χ4n) is 14.8. The summed E-state index contributed by atoms with van der Waals surface area (Å²) in [5.74, 6) is -9.71. The molecular formula is C84H152N20O20S2. The van der Waals surface area contributed by atoms with E-state index in [1.54, 1.807) is 0 Å². The number of amides is 16. The van der Waals surface area contributed by atoms with Crippen molar-refractivity contribution in [2.45, 2.75) is 329 Å². The maximum atomic E-state index is 15.2. The third kappa shape index (κ3) is 47.3. The highest BCUT2D eigenvalue weighted by Crippen LogP contribution is 2.24. The van der Waals surface area contributed by atoms with E-state index in [2.05, 4.69) is 99.7 Å². The molecule has 0 bridgehead atoms. The molecule has 3 rings (SSSR count). The molecule has 0 aromatic carbocycles. The lowest BCUT2D eigenvalue weighted by molar-refractivity contribution is -0.142. The molecule has 0 aromatic heterocycles. The molecule has 0 aliphatic carbocycles. The van der Waals surface area contributed by atoms with Crippen LogP contribution in [0.1, 0.15) is 257 Å². The summed E-state index contributed by atoms with van der Waals surface area (Å²) in [5.41, 5.74) is 22.9. The smallest absolute Gasteiger partial charge is 0.245 e. The molecule has 3 aliphatic heterocycles. The van der Waals surface area contributed by atoms with Gasteiger partial charge in [0.15, 0.2) is 0 Å². The first-order valence-electron chi connectivity index (χ1n) is 45.9. The SMILES string of the molecule is N[C@@H](CO)C(=O)NCCCC[C@@H]1NC(=O)CNC(=O)[C@@H]2CCCN2C(=O)[C@H](CCCCNC(=O)[C@@H](N)CO)NC(=O)[C@H](CCCCNC(=O)CCCCCCCCCCS)NC(=O)[C@H](CCCCNC(=O)[C@@H](N)CO)NC(=O)CNC(=O)[C@@H]2CCCN2C(=O)[C@H](CCCCNC(=O)[C@@H](N)CO)NC(=O)[C@H](CCCCNC(=O)CCCCCCCCCCS)NC1=O. The molecule has 42 heteroatoms. The normalized spacial score (nSPS) is 20.8.